The summed E-state index contributed by atoms with van der Waals surface area (Å²) in [4.78, 5) is 27.2. The minimum atomic E-state index is -0.328. The van der Waals surface area contributed by atoms with Crippen molar-refractivity contribution in [3.8, 4) is 23.0 Å². The molecular weight excluding hydrogens is 468 g/mol. The molecule has 0 atom stereocenters. The molecule has 0 N–H and O–H groups in total. The number of hydrogen-bond donors (Lipinski definition) is 0. The predicted octanol–water partition coefficient (Wildman–Crippen LogP) is 5.83. The summed E-state index contributed by atoms with van der Waals surface area (Å²) in [6.07, 6.45) is 0.0487. The summed E-state index contributed by atoms with van der Waals surface area (Å²) in [6, 6.07) is 26.1. The van der Waals surface area contributed by atoms with Gasteiger partial charge in [-0.2, -0.15) is 0 Å². The van der Waals surface area contributed by atoms with E-state index >= 15 is 0 Å². The standard InChI is InChI=1S/C31H26O6/c1-34-27-17-24-22(16-28(27)37-19-21-11-7-4-8-12-21)15-25(32)23-13-14-26(31(35-2)29(23)30(24)33)36-18-20-9-5-3-6-10-20/h3-14,16-17H,15,18-19H2,1-2H3. The van der Waals surface area contributed by atoms with Crippen LogP contribution in [0, 0.1) is 0 Å². The zero-order valence-electron chi connectivity index (χ0n) is 20.7. The van der Waals surface area contributed by atoms with E-state index in [2.05, 4.69) is 0 Å². The number of ketones is 2. The number of methoxy groups -OCH3 is 2. The quantitative estimate of drug-likeness (QED) is 0.307. The summed E-state index contributed by atoms with van der Waals surface area (Å²) in [6.45, 7) is 0.624. The SMILES string of the molecule is COc1cc2c(cc1OCc1ccccc1)CC(=O)c1ccc(OCc3ccccc3)c(OC)c1C2=O. The minimum Gasteiger partial charge on any atom is -0.493 e. The van der Waals surface area contributed by atoms with E-state index in [1.807, 2.05) is 60.7 Å². The minimum absolute atomic E-state index is 0.0487. The van der Waals surface area contributed by atoms with Gasteiger partial charge in [-0.05, 0) is 41.0 Å². The molecule has 1 aliphatic carbocycles. The van der Waals surface area contributed by atoms with Crippen molar-refractivity contribution in [2.45, 2.75) is 19.6 Å². The van der Waals surface area contributed by atoms with Gasteiger partial charge < -0.3 is 18.9 Å². The number of Topliss-reactive ketones (excluding diaryl/α,β-unsaturated/α-hetero) is 1. The fourth-order valence-electron chi connectivity index (χ4n) is 4.44. The molecular formula is C31H26O6. The Bertz CT molecular complexity index is 1440. The molecule has 0 radical (unpaired) electrons. The van der Waals surface area contributed by atoms with Crippen LogP contribution >= 0.6 is 0 Å². The van der Waals surface area contributed by atoms with E-state index < -0.39 is 0 Å². The van der Waals surface area contributed by atoms with E-state index in [9.17, 15) is 9.59 Å². The zero-order chi connectivity index (χ0) is 25.8. The van der Waals surface area contributed by atoms with Crippen LogP contribution in [0.4, 0.5) is 0 Å². The Labute approximate surface area is 215 Å². The first-order valence-corrected chi connectivity index (χ1v) is 11.9. The Morgan fingerprint density at radius 1 is 0.649 bits per heavy atom. The Kier molecular flexibility index (Phi) is 6.90. The molecule has 0 saturated heterocycles. The molecule has 0 aromatic heterocycles. The zero-order valence-corrected chi connectivity index (χ0v) is 20.7. The second-order valence-corrected chi connectivity index (χ2v) is 8.66. The summed E-state index contributed by atoms with van der Waals surface area (Å²) in [7, 11) is 2.99. The van der Waals surface area contributed by atoms with E-state index in [4.69, 9.17) is 18.9 Å². The van der Waals surface area contributed by atoms with Gasteiger partial charge in [0.05, 0.1) is 19.8 Å². The fourth-order valence-corrected chi connectivity index (χ4v) is 4.44. The first-order chi connectivity index (χ1) is 18.1. The smallest absolute Gasteiger partial charge is 0.198 e. The molecule has 0 bridgehead atoms. The highest BCUT2D eigenvalue weighted by Gasteiger charge is 2.32. The predicted molar refractivity (Wildman–Crippen MR) is 139 cm³/mol. The van der Waals surface area contributed by atoms with Crippen molar-refractivity contribution in [3.63, 3.8) is 0 Å². The highest BCUT2D eigenvalue weighted by Crippen LogP contribution is 2.41. The molecule has 0 fully saturated rings. The van der Waals surface area contributed by atoms with Gasteiger partial charge in [-0.15, -0.1) is 0 Å². The normalized spacial score (nSPS) is 12.3. The number of hydrogen-bond acceptors (Lipinski definition) is 6. The summed E-state index contributed by atoms with van der Waals surface area (Å²) in [5.74, 6) is 0.998. The maximum Gasteiger partial charge on any atom is 0.198 e. The topological polar surface area (TPSA) is 71.1 Å². The van der Waals surface area contributed by atoms with Crippen LogP contribution in [0.2, 0.25) is 0 Å². The summed E-state index contributed by atoms with van der Waals surface area (Å²) in [5.41, 5.74) is 3.40. The van der Waals surface area contributed by atoms with Crippen LogP contribution in [-0.2, 0) is 19.6 Å². The Hall–Kier alpha value is -4.58. The molecule has 4 aromatic rings. The highest BCUT2D eigenvalue weighted by molar-refractivity contribution is 6.21. The van der Waals surface area contributed by atoms with Crippen LogP contribution in [0.15, 0.2) is 84.9 Å². The van der Waals surface area contributed by atoms with E-state index in [0.29, 0.717) is 47.2 Å². The first-order valence-electron chi connectivity index (χ1n) is 11.9. The van der Waals surface area contributed by atoms with Gasteiger partial charge in [0.2, 0.25) is 0 Å². The number of benzene rings is 4. The molecule has 0 amide bonds. The molecule has 186 valence electrons. The fraction of sp³-hybridized carbons (Fsp3) is 0.161. The molecule has 0 saturated carbocycles. The van der Waals surface area contributed by atoms with Crippen molar-refractivity contribution in [3.05, 3.63) is 118 Å². The molecule has 4 aromatic carbocycles. The molecule has 0 spiro atoms. The second kappa shape index (κ2) is 10.6. The molecule has 0 heterocycles. The highest BCUT2D eigenvalue weighted by atomic mass is 16.5. The Morgan fingerprint density at radius 3 is 1.86 bits per heavy atom. The molecule has 6 heteroatoms. The molecule has 0 unspecified atom stereocenters. The van der Waals surface area contributed by atoms with Gasteiger partial charge >= 0.3 is 0 Å². The second-order valence-electron chi connectivity index (χ2n) is 8.66. The summed E-state index contributed by atoms with van der Waals surface area (Å²) < 4.78 is 23.2. The van der Waals surface area contributed by atoms with Crippen LogP contribution in [0.1, 0.15) is 43.0 Å². The van der Waals surface area contributed by atoms with Crippen LogP contribution in [0.5, 0.6) is 23.0 Å². The third-order valence-corrected chi connectivity index (χ3v) is 6.31. The van der Waals surface area contributed by atoms with Gasteiger partial charge in [0.15, 0.2) is 34.6 Å². The van der Waals surface area contributed by atoms with Gasteiger partial charge in [0, 0.05) is 17.5 Å². The number of rotatable bonds is 8. The number of carbonyl (C=O) groups excluding carboxylic acids is 2. The summed E-state index contributed by atoms with van der Waals surface area (Å²) in [5, 5.41) is 0. The van der Waals surface area contributed by atoms with Gasteiger partial charge in [-0.25, -0.2) is 0 Å². The Morgan fingerprint density at radius 2 is 1.27 bits per heavy atom. The lowest BCUT2D eigenvalue weighted by Crippen LogP contribution is -2.10. The van der Waals surface area contributed by atoms with E-state index in [0.717, 1.165) is 11.1 Å². The van der Waals surface area contributed by atoms with Gasteiger partial charge in [0.25, 0.3) is 0 Å². The van der Waals surface area contributed by atoms with Crippen molar-refractivity contribution in [1.82, 2.24) is 0 Å². The first kappa shape index (κ1) is 24.1. The monoisotopic (exact) mass is 494 g/mol. The molecule has 0 aliphatic heterocycles. The van der Waals surface area contributed by atoms with Crippen LogP contribution in [-0.4, -0.2) is 25.8 Å². The average Bonchev–Trinajstić information content (AvgIpc) is 3.04. The lowest BCUT2D eigenvalue weighted by molar-refractivity contribution is 0.0983. The van der Waals surface area contributed by atoms with Gasteiger partial charge in [-0.1, -0.05) is 60.7 Å². The van der Waals surface area contributed by atoms with Crippen molar-refractivity contribution in [1.29, 1.82) is 0 Å². The van der Waals surface area contributed by atoms with E-state index in [-0.39, 0.29) is 29.3 Å². The maximum atomic E-state index is 13.9. The lowest BCUT2D eigenvalue weighted by Gasteiger charge is -2.16. The average molecular weight is 495 g/mol. The third-order valence-electron chi connectivity index (χ3n) is 6.31. The van der Waals surface area contributed by atoms with Crippen LogP contribution < -0.4 is 18.9 Å². The number of ether oxygens (including phenoxy) is 4. The maximum absolute atomic E-state index is 13.9. The van der Waals surface area contributed by atoms with Gasteiger partial charge in [0.1, 0.15) is 13.2 Å². The Balaban J connectivity index is 1.51. The summed E-state index contributed by atoms with van der Waals surface area (Å²) >= 11 is 0. The van der Waals surface area contributed by atoms with Crippen LogP contribution in [0.25, 0.3) is 0 Å². The van der Waals surface area contributed by atoms with E-state index in [1.165, 1.54) is 14.2 Å². The molecule has 1 aliphatic rings. The van der Waals surface area contributed by atoms with Crippen molar-refractivity contribution in [2.75, 3.05) is 14.2 Å². The lowest BCUT2D eigenvalue weighted by atomic mass is 9.97. The number of carbonyl (C=O) groups is 2. The van der Waals surface area contributed by atoms with Gasteiger partial charge in [-0.3, -0.25) is 9.59 Å². The largest absolute Gasteiger partial charge is 0.493 e. The van der Waals surface area contributed by atoms with E-state index in [1.54, 1.807) is 24.3 Å². The third kappa shape index (κ3) is 4.91. The van der Waals surface area contributed by atoms with Crippen molar-refractivity contribution >= 4 is 11.6 Å². The molecule has 6 nitrogen and oxygen atoms in total. The van der Waals surface area contributed by atoms with Crippen molar-refractivity contribution < 1.29 is 28.5 Å². The molecule has 5 rings (SSSR count). The number of fused-ring (bicyclic) bond motifs is 2. The van der Waals surface area contributed by atoms with Crippen molar-refractivity contribution in [2.24, 2.45) is 0 Å². The molecule has 37 heavy (non-hydrogen) atoms. The van der Waals surface area contributed by atoms with Crippen LogP contribution in [0.3, 0.4) is 0 Å².